The fourth-order valence-electron chi connectivity index (χ4n) is 8.62. The van der Waals surface area contributed by atoms with E-state index in [9.17, 15) is 33.9 Å². The van der Waals surface area contributed by atoms with Gasteiger partial charge in [-0.3, -0.25) is 19.2 Å². The van der Waals surface area contributed by atoms with E-state index in [1.54, 1.807) is 52.2 Å². The van der Waals surface area contributed by atoms with Crippen LogP contribution in [0.1, 0.15) is 169 Å². The van der Waals surface area contributed by atoms with Gasteiger partial charge in [-0.25, -0.2) is 9.59 Å². The van der Waals surface area contributed by atoms with Crippen LogP contribution in [0.2, 0.25) is 0 Å². The number of hydrogen-bond acceptors (Lipinski definition) is 9. The van der Waals surface area contributed by atoms with Gasteiger partial charge in [-0.2, -0.15) is 0 Å². The first-order valence-electron chi connectivity index (χ1n) is 24.4. The molecular weight excluding hydrogens is 837 g/mol. The Morgan fingerprint density at radius 2 is 0.939 bits per heavy atom. The monoisotopic (exact) mass is 933 g/mol. The molecule has 0 spiro atoms. The second-order valence-corrected chi connectivity index (χ2v) is 22.8. The maximum Gasteiger partial charge on any atom is 0.333 e. The summed E-state index contributed by atoms with van der Waals surface area (Å²) < 4.78 is 5.69. The molecule has 382 valence electrons. The zero-order valence-corrected chi connectivity index (χ0v) is 45.3. The number of aliphatic carboxylic acids is 1. The molecule has 0 saturated heterocycles. The smallest absolute Gasteiger partial charge is 0.333 e. The van der Waals surface area contributed by atoms with Crippen molar-refractivity contribution >= 4 is 35.6 Å². The summed E-state index contributed by atoms with van der Waals surface area (Å²) in [6.07, 6.45) is 10.3. The second kappa shape index (κ2) is 27.3. The summed E-state index contributed by atoms with van der Waals surface area (Å²) in [6.45, 7) is 33.1. The lowest BCUT2D eigenvalue weighted by atomic mass is 9.78. The van der Waals surface area contributed by atoms with Crippen molar-refractivity contribution in [2.45, 2.75) is 205 Å². The summed E-state index contributed by atoms with van der Waals surface area (Å²) in [5, 5.41) is 22.0. The molecule has 0 fully saturated rings. The first-order valence-corrected chi connectivity index (χ1v) is 24.4. The zero-order chi connectivity index (χ0) is 51.7. The maximum atomic E-state index is 14.2. The molecule has 0 rings (SSSR count). The van der Waals surface area contributed by atoms with E-state index in [1.165, 1.54) is 11.8 Å². The number of amides is 4. The highest BCUT2D eigenvalue weighted by molar-refractivity contribution is 5.92. The summed E-state index contributed by atoms with van der Waals surface area (Å²) in [5.41, 5.74) is -1.51. The SMILES string of the molecule is CCCCCC(C)(C)[C@H](NC)C(=O)N[C@H](C(=O)N(C)[C@H](/C=C(\C)C(=O)OCCCCCC(C)(C)[C@@H](NC)C(=O)N[C@H](C(=O)N(C)[C@H](/C=C(\C)C(=O)O)C(C)C)C(C)(C)C)C(C)C)C(C)(C)C. The van der Waals surface area contributed by atoms with E-state index >= 15 is 0 Å². The normalized spacial score (nSPS) is 15.9. The first-order chi connectivity index (χ1) is 30.1. The number of carbonyl (C=O) groups excluding carboxylic acids is 5. The van der Waals surface area contributed by atoms with Crippen molar-refractivity contribution in [1.82, 2.24) is 31.1 Å². The van der Waals surface area contributed by atoms with Gasteiger partial charge in [0.25, 0.3) is 0 Å². The number of carbonyl (C=O) groups is 6. The molecule has 0 aromatic heterocycles. The molecule has 0 heterocycles. The van der Waals surface area contributed by atoms with Crippen LogP contribution in [0.25, 0.3) is 0 Å². The lowest BCUT2D eigenvalue weighted by Gasteiger charge is -2.39. The number of nitrogens with one attached hydrogen (secondary N) is 4. The molecular formula is C52H96N6O8. The quantitative estimate of drug-likeness (QED) is 0.0293. The number of likely N-dealkylation sites (N-methyl/N-ethyl adjacent to an activating group) is 4. The Balaban J connectivity index is 5.75. The Morgan fingerprint density at radius 3 is 1.26 bits per heavy atom. The van der Waals surface area contributed by atoms with Crippen molar-refractivity contribution in [3.63, 3.8) is 0 Å². The minimum Gasteiger partial charge on any atom is -0.478 e. The van der Waals surface area contributed by atoms with Gasteiger partial charge in [-0.15, -0.1) is 0 Å². The van der Waals surface area contributed by atoms with Crippen LogP contribution in [-0.2, 0) is 33.5 Å². The topological polar surface area (TPSA) is 186 Å². The summed E-state index contributed by atoms with van der Waals surface area (Å²) in [4.78, 5) is 84.0. The number of rotatable bonds is 28. The minimum atomic E-state index is -1.05. The van der Waals surface area contributed by atoms with Gasteiger partial charge in [0.1, 0.15) is 12.1 Å². The molecule has 0 radical (unpaired) electrons. The molecule has 0 unspecified atom stereocenters. The highest BCUT2D eigenvalue weighted by Gasteiger charge is 2.43. The van der Waals surface area contributed by atoms with Crippen molar-refractivity contribution in [3.8, 4) is 0 Å². The van der Waals surface area contributed by atoms with Crippen LogP contribution in [0.3, 0.4) is 0 Å². The minimum absolute atomic E-state index is 0.0388. The van der Waals surface area contributed by atoms with Gasteiger partial charge in [0, 0.05) is 25.2 Å². The van der Waals surface area contributed by atoms with Crippen LogP contribution >= 0.6 is 0 Å². The molecule has 14 nitrogen and oxygen atoms in total. The molecule has 0 saturated carbocycles. The molecule has 0 aliphatic carbocycles. The maximum absolute atomic E-state index is 14.2. The van der Waals surface area contributed by atoms with Crippen molar-refractivity contribution in [1.29, 1.82) is 0 Å². The number of nitrogens with zero attached hydrogens (tertiary/aromatic N) is 2. The molecule has 14 heteroatoms. The summed E-state index contributed by atoms with van der Waals surface area (Å²) in [5.74, 6) is -2.67. The van der Waals surface area contributed by atoms with Gasteiger partial charge in [-0.1, -0.05) is 148 Å². The summed E-state index contributed by atoms with van der Waals surface area (Å²) >= 11 is 0. The summed E-state index contributed by atoms with van der Waals surface area (Å²) in [6, 6.07) is -3.69. The number of unbranched alkanes of at least 4 members (excludes halogenated alkanes) is 4. The third-order valence-electron chi connectivity index (χ3n) is 13.0. The predicted molar refractivity (Wildman–Crippen MR) is 268 cm³/mol. The molecule has 0 bridgehead atoms. The lowest BCUT2D eigenvalue weighted by molar-refractivity contribution is -0.141. The fourth-order valence-corrected chi connectivity index (χ4v) is 8.62. The van der Waals surface area contributed by atoms with E-state index in [2.05, 4.69) is 42.0 Å². The number of ether oxygens (including phenoxy) is 1. The number of carboxylic acids is 1. The Labute approximate surface area is 401 Å². The molecule has 0 aromatic rings. The lowest BCUT2D eigenvalue weighted by Crippen LogP contribution is -2.61. The zero-order valence-electron chi connectivity index (χ0n) is 45.3. The van der Waals surface area contributed by atoms with Crippen LogP contribution in [0, 0.1) is 33.5 Å². The standard InChI is InChI=1S/C52H96N6O8/c1-22-23-25-28-51(14,15)39(53-18)43(59)56-42(50(11,12)13)46(62)58(21)38(34(4)5)32-36(7)48(65)66-30-27-24-26-29-52(16,17)40(54-19)44(60)55-41(49(8,9)10)45(61)57(20)37(33(2)3)31-35(6)47(63)64/h31-34,37-42,53-54H,22-30H2,1-21H3,(H,55,60)(H,56,59)(H,63,64)/b35-31+,36-32+/t37-,38-,39-,40+,41-,42-/m1/s1. The van der Waals surface area contributed by atoms with Gasteiger partial charge in [0.2, 0.25) is 23.6 Å². The van der Waals surface area contributed by atoms with Crippen LogP contribution in [-0.4, -0.2) is 122 Å². The van der Waals surface area contributed by atoms with E-state index < -0.39 is 64.4 Å². The predicted octanol–water partition coefficient (Wildman–Crippen LogP) is 7.90. The van der Waals surface area contributed by atoms with Gasteiger partial charge in [0.15, 0.2) is 0 Å². The average molecular weight is 933 g/mol. The van der Waals surface area contributed by atoms with Crippen LogP contribution in [0.4, 0.5) is 0 Å². The Kier molecular flexibility index (Phi) is 25.7. The van der Waals surface area contributed by atoms with E-state index in [0.29, 0.717) is 18.4 Å². The van der Waals surface area contributed by atoms with Gasteiger partial charge in [0.05, 0.1) is 30.8 Å². The molecule has 66 heavy (non-hydrogen) atoms. The highest BCUT2D eigenvalue weighted by Crippen LogP contribution is 2.32. The van der Waals surface area contributed by atoms with Crippen molar-refractivity contribution < 1.29 is 38.6 Å². The molecule has 0 aliphatic heterocycles. The largest absolute Gasteiger partial charge is 0.478 e. The molecule has 4 amide bonds. The first kappa shape index (κ1) is 62.2. The van der Waals surface area contributed by atoms with Crippen LogP contribution in [0.5, 0.6) is 0 Å². The third-order valence-corrected chi connectivity index (χ3v) is 13.0. The highest BCUT2D eigenvalue weighted by atomic mass is 16.5. The Hall–Kier alpha value is -3.78. The van der Waals surface area contributed by atoms with Crippen LogP contribution in [0.15, 0.2) is 23.3 Å². The number of esters is 1. The number of carboxylic acid groups (broad SMARTS) is 1. The van der Waals surface area contributed by atoms with E-state index in [1.807, 2.05) is 83.1 Å². The van der Waals surface area contributed by atoms with Gasteiger partial charge >= 0.3 is 11.9 Å². The third kappa shape index (κ3) is 19.4. The van der Waals surface area contributed by atoms with E-state index in [4.69, 9.17) is 4.74 Å². The van der Waals surface area contributed by atoms with Crippen molar-refractivity contribution in [2.24, 2.45) is 33.5 Å². The van der Waals surface area contributed by atoms with Crippen LogP contribution < -0.4 is 21.3 Å². The average Bonchev–Trinajstić information content (AvgIpc) is 3.19. The second-order valence-electron chi connectivity index (χ2n) is 22.8. The number of hydrogen-bond donors (Lipinski definition) is 5. The fraction of sp³-hybridized carbons (Fsp3) is 0.808. The molecule has 6 atom stereocenters. The Morgan fingerprint density at radius 1 is 0.576 bits per heavy atom. The Bertz CT molecular complexity index is 1650. The van der Waals surface area contributed by atoms with Gasteiger partial charge < -0.3 is 40.9 Å². The van der Waals surface area contributed by atoms with Crippen molar-refractivity contribution in [2.75, 3.05) is 34.8 Å². The van der Waals surface area contributed by atoms with Gasteiger partial charge in [-0.05, 0) is 80.7 Å². The molecule has 0 aromatic carbocycles. The van der Waals surface area contributed by atoms with E-state index in [0.717, 1.165) is 38.5 Å². The van der Waals surface area contributed by atoms with E-state index in [-0.39, 0.29) is 53.1 Å². The molecule has 5 N–H and O–H groups in total. The summed E-state index contributed by atoms with van der Waals surface area (Å²) in [7, 11) is 6.87. The van der Waals surface area contributed by atoms with Crippen molar-refractivity contribution in [3.05, 3.63) is 23.3 Å². The molecule has 0 aliphatic rings.